The van der Waals surface area contributed by atoms with Crippen LogP contribution in [0.15, 0.2) is 30.3 Å². The summed E-state index contributed by atoms with van der Waals surface area (Å²) in [6.07, 6.45) is 2.15. The molecule has 0 aliphatic carbocycles. The number of rotatable bonds is 2. The summed E-state index contributed by atoms with van der Waals surface area (Å²) >= 11 is 14.0. The number of hydrogen-bond donors (Lipinski definition) is 0. The van der Waals surface area contributed by atoms with Crippen molar-refractivity contribution >= 4 is 34.5 Å². The fourth-order valence-electron chi connectivity index (χ4n) is 2.17. The Morgan fingerprint density at radius 2 is 2.11 bits per heavy atom. The van der Waals surface area contributed by atoms with Crippen LogP contribution in [0.2, 0.25) is 4.34 Å². The lowest BCUT2D eigenvalue weighted by atomic mass is 10.0. The maximum atomic E-state index is 6.50. The second-order valence-electron chi connectivity index (χ2n) is 4.32. The number of fused-ring (bicyclic) bond motifs is 1. The van der Waals surface area contributed by atoms with Gasteiger partial charge < -0.3 is 4.74 Å². The second-order valence-corrected chi connectivity index (χ2v) is 6.51. The number of thiophene rings is 1. The normalized spacial score (nSPS) is 15.9. The molecule has 94 valence electrons. The summed E-state index contributed by atoms with van der Waals surface area (Å²) in [6.45, 7) is 0.817. The molecule has 1 unspecified atom stereocenters. The standard InChI is InChI=1S/C14H12Cl2OS/c15-13-6-5-12(18-13)14(16)10-3-4-11-9(8-10)2-1-7-17-11/h3-6,8,14H,1-2,7H2. The fourth-order valence-corrected chi connectivity index (χ4v) is 3.58. The van der Waals surface area contributed by atoms with E-state index in [9.17, 15) is 0 Å². The number of aryl methyl sites for hydroxylation is 1. The van der Waals surface area contributed by atoms with Gasteiger partial charge in [0.25, 0.3) is 0 Å². The highest BCUT2D eigenvalue weighted by Gasteiger charge is 2.17. The lowest BCUT2D eigenvalue weighted by Gasteiger charge is -2.19. The zero-order chi connectivity index (χ0) is 12.5. The highest BCUT2D eigenvalue weighted by Crippen LogP contribution is 2.37. The van der Waals surface area contributed by atoms with Gasteiger partial charge in [0, 0.05) is 4.88 Å². The van der Waals surface area contributed by atoms with Crippen LogP contribution in [-0.4, -0.2) is 6.61 Å². The van der Waals surface area contributed by atoms with Crippen molar-refractivity contribution in [1.82, 2.24) is 0 Å². The molecule has 4 heteroatoms. The highest BCUT2D eigenvalue weighted by atomic mass is 35.5. The summed E-state index contributed by atoms with van der Waals surface area (Å²) in [5.41, 5.74) is 2.37. The molecule has 0 spiro atoms. The van der Waals surface area contributed by atoms with Gasteiger partial charge in [-0.05, 0) is 42.2 Å². The van der Waals surface area contributed by atoms with Gasteiger partial charge >= 0.3 is 0 Å². The molecule has 0 saturated carbocycles. The number of benzene rings is 1. The molecule has 1 aromatic heterocycles. The van der Waals surface area contributed by atoms with Crippen LogP contribution in [0.4, 0.5) is 0 Å². The largest absolute Gasteiger partial charge is 0.493 e. The van der Waals surface area contributed by atoms with E-state index in [-0.39, 0.29) is 5.38 Å². The molecule has 3 rings (SSSR count). The molecule has 1 aliphatic rings. The Bertz CT molecular complexity index is 565. The number of halogens is 2. The van der Waals surface area contributed by atoms with Gasteiger partial charge in [-0.2, -0.15) is 0 Å². The molecular formula is C14H12Cl2OS. The van der Waals surface area contributed by atoms with Crippen molar-refractivity contribution in [2.75, 3.05) is 6.61 Å². The van der Waals surface area contributed by atoms with Gasteiger partial charge in [0.2, 0.25) is 0 Å². The Morgan fingerprint density at radius 3 is 2.89 bits per heavy atom. The minimum Gasteiger partial charge on any atom is -0.493 e. The quantitative estimate of drug-likeness (QED) is 0.705. The summed E-state index contributed by atoms with van der Waals surface area (Å²) in [7, 11) is 0. The van der Waals surface area contributed by atoms with E-state index in [4.69, 9.17) is 27.9 Å². The molecule has 0 fully saturated rings. The van der Waals surface area contributed by atoms with Gasteiger partial charge in [-0.1, -0.05) is 23.7 Å². The third-order valence-corrected chi connectivity index (χ3v) is 4.98. The average Bonchev–Trinajstić information content (AvgIpc) is 2.84. The van der Waals surface area contributed by atoms with E-state index in [2.05, 4.69) is 6.07 Å². The molecule has 0 radical (unpaired) electrons. The first kappa shape index (κ1) is 12.3. The summed E-state index contributed by atoms with van der Waals surface area (Å²) < 4.78 is 6.38. The fraction of sp³-hybridized carbons (Fsp3) is 0.286. The zero-order valence-electron chi connectivity index (χ0n) is 9.66. The van der Waals surface area contributed by atoms with Crippen LogP contribution in [0.25, 0.3) is 0 Å². The van der Waals surface area contributed by atoms with Crippen LogP contribution in [0.5, 0.6) is 5.75 Å². The summed E-state index contributed by atoms with van der Waals surface area (Å²) in [5.74, 6) is 0.998. The highest BCUT2D eigenvalue weighted by molar-refractivity contribution is 7.16. The van der Waals surface area contributed by atoms with E-state index in [1.807, 2.05) is 24.3 Å². The Balaban J connectivity index is 1.92. The molecule has 0 saturated heterocycles. The predicted molar refractivity (Wildman–Crippen MR) is 77.3 cm³/mol. The van der Waals surface area contributed by atoms with Crippen molar-refractivity contribution in [3.05, 3.63) is 50.7 Å². The molecule has 1 nitrogen and oxygen atoms in total. The van der Waals surface area contributed by atoms with Crippen LogP contribution >= 0.6 is 34.5 Å². The van der Waals surface area contributed by atoms with Crippen LogP contribution in [0.3, 0.4) is 0 Å². The Hall–Kier alpha value is -0.700. The summed E-state index contributed by atoms with van der Waals surface area (Å²) in [5, 5.41) is -0.130. The van der Waals surface area contributed by atoms with Gasteiger partial charge in [-0.3, -0.25) is 0 Å². The van der Waals surface area contributed by atoms with Gasteiger partial charge in [0.15, 0.2) is 0 Å². The van der Waals surface area contributed by atoms with Crippen molar-refractivity contribution in [3.63, 3.8) is 0 Å². The van der Waals surface area contributed by atoms with Gasteiger partial charge in [-0.15, -0.1) is 22.9 Å². The number of alkyl halides is 1. The number of hydrogen-bond acceptors (Lipinski definition) is 2. The van der Waals surface area contributed by atoms with E-state index in [1.54, 1.807) is 0 Å². The maximum Gasteiger partial charge on any atom is 0.122 e. The third-order valence-electron chi connectivity index (χ3n) is 3.07. The SMILES string of the molecule is Clc1ccc(C(Cl)c2ccc3c(c2)CCCO3)s1. The average molecular weight is 299 g/mol. The first-order valence-corrected chi connectivity index (χ1v) is 7.52. The molecule has 0 amide bonds. The van der Waals surface area contributed by atoms with Gasteiger partial charge in [0.1, 0.15) is 5.75 Å². The Morgan fingerprint density at radius 1 is 1.22 bits per heavy atom. The van der Waals surface area contributed by atoms with Crippen molar-refractivity contribution in [1.29, 1.82) is 0 Å². The molecule has 0 N–H and O–H groups in total. The minimum atomic E-state index is -0.130. The van der Waals surface area contributed by atoms with Crippen molar-refractivity contribution in [2.45, 2.75) is 18.2 Å². The predicted octanol–water partition coefficient (Wildman–Crippen LogP) is 5.05. The zero-order valence-corrected chi connectivity index (χ0v) is 12.0. The smallest absolute Gasteiger partial charge is 0.122 e. The van der Waals surface area contributed by atoms with E-state index in [0.29, 0.717) is 0 Å². The first-order chi connectivity index (χ1) is 8.74. The molecular weight excluding hydrogens is 287 g/mol. The summed E-state index contributed by atoms with van der Waals surface area (Å²) in [4.78, 5) is 1.08. The topological polar surface area (TPSA) is 9.23 Å². The summed E-state index contributed by atoms with van der Waals surface area (Å²) in [6, 6.07) is 10.1. The van der Waals surface area contributed by atoms with Crippen LogP contribution in [0.1, 0.15) is 27.8 Å². The monoisotopic (exact) mass is 298 g/mol. The third kappa shape index (κ3) is 2.37. The van der Waals surface area contributed by atoms with E-state index in [0.717, 1.165) is 40.0 Å². The first-order valence-electron chi connectivity index (χ1n) is 5.89. The Labute approximate surface area is 120 Å². The second kappa shape index (κ2) is 5.12. The van der Waals surface area contributed by atoms with Crippen LogP contribution in [-0.2, 0) is 6.42 Å². The molecule has 1 aromatic carbocycles. The molecule has 0 bridgehead atoms. The van der Waals surface area contributed by atoms with Crippen LogP contribution in [0, 0.1) is 0 Å². The van der Waals surface area contributed by atoms with E-state index >= 15 is 0 Å². The lowest BCUT2D eigenvalue weighted by Crippen LogP contribution is -2.08. The molecule has 18 heavy (non-hydrogen) atoms. The van der Waals surface area contributed by atoms with Crippen LogP contribution < -0.4 is 4.74 Å². The minimum absolute atomic E-state index is 0.130. The molecule has 2 aromatic rings. The lowest BCUT2D eigenvalue weighted by molar-refractivity contribution is 0.288. The molecule has 1 atom stereocenters. The Kier molecular flexibility index (Phi) is 3.51. The van der Waals surface area contributed by atoms with Crippen molar-refractivity contribution < 1.29 is 4.74 Å². The molecule has 2 heterocycles. The van der Waals surface area contributed by atoms with Gasteiger partial charge in [0.05, 0.1) is 16.3 Å². The van der Waals surface area contributed by atoms with E-state index in [1.165, 1.54) is 16.9 Å². The van der Waals surface area contributed by atoms with Crippen molar-refractivity contribution in [2.24, 2.45) is 0 Å². The van der Waals surface area contributed by atoms with E-state index < -0.39 is 0 Å². The van der Waals surface area contributed by atoms with Gasteiger partial charge in [-0.25, -0.2) is 0 Å². The molecule has 1 aliphatic heterocycles. The maximum absolute atomic E-state index is 6.50. The van der Waals surface area contributed by atoms with Crippen molar-refractivity contribution in [3.8, 4) is 5.75 Å². The number of ether oxygens (including phenoxy) is 1.